The summed E-state index contributed by atoms with van der Waals surface area (Å²) >= 11 is 4.74. The quantitative estimate of drug-likeness (QED) is 0.781. The van der Waals surface area contributed by atoms with E-state index >= 15 is 0 Å². The molecule has 0 atom stereocenters. The first-order chi connectivity index (χ1) is 6.81. The van der Waals surface area contributed by atoms with Crippen molar-refractivity contribution in [3.8, 4) is 11.3 Å². The molecule has 0 aliphatic rings. The first-order valence-electron chi connectivity index (χ1n) is 3.98. The van der Waals surface area contributed by atoms with Crippen molar-refractivity contribution >= 4 is 33.6 Å². The van der Waals surface area contributed by atoms with Crippen LogP contribution in [0.3, 0.4) is 0 Å². The lowest BCUT2D eigenvalue weighted by atomic mass is 10.2. The number of hydrogen-bond acceptors (Lipinski definition) is 3. The van der Waals surface area contributed by atoms with Crippen molar-refractivity contribution in [1.29, 1.82) is 0 Å². The molecule has 70 valence electrons. The molecule has 14 heavy (non-hydrogen) atoms. The largest absolute Gasteiger partial charge is 0.295 e. The molecule has 0 amide bonds. The number of aromatic nitrogens is 1. The Hall–Kier alpha value is -1.000. The van der Waals surface area contributed by atoms with Crippen molar-refractivity contribution < 1.29 is 4.79 Å². The van der Waals surface area contributed by atoms with Gasteiger partial charge >= 0.3 is 0 Å². The number of carbonyl (C=O) groups excluding carboxylic acids is 1. The van der Waals surface area contributed by atoms with Gasteiger partial charge in [0.25, 0.3) is 0 Å². The maximum absolute atomic E-state index is 10.5. The predicted octanol–water partition coefficient (Wildman–Crippen LogP) is 3.39. The first kappa shape index (κ1) is 9.55. The molecule has 1 aromatic heterocycles. The molecule has 0 aliphatic heterocycles. The second-order valence-electron chi connectivity index (χ2n) is 2.66. The van der Waals surface area contributed by atoms with Gasteiger partial charge in [-0.05, 0) is 15.9 Å². The highest BCUT2D eigenvalue weighted by atomic mass is 79.9. The monoisotopic (exact) mass is 267 g/mol. The molecule has 0 saturated heterocycles. The van der Waals surface area contributed by atoms with Gasteiger partial charge in [0.15, 0.2) is 11.3 Å². The topological polar surface area (TPSA) is 30.0 Å². The van der Waals surface area contributed by atoms with Gasteiger partial charge < -0.3 is 0 Å². The normalized spacial score (nSPS) is 10.1. The molecule has 0 aliphatic carbocycles. The van der Waals surface area contributed by atoms with Crippen molar-refractivity contribution in [2.45, 2.75) is 0 Å². The van der Waals surface area contributed by atoms with Crippen LogP contribution in [0.1, 0.15) is 9.80 Å². The van der Waals surface area contributed by atoms with Crippen molar-refractivity contribution in [3.05, 3.63) is 39.1 Å². The third-order valence-electron chi connectivity index (χ3n) is 1.75. The highest BCUT2D eigenvalue weighted by molar-refractivity contribution is 9.11. The van der Waals surface area contributed by atoms with Crippen LogP contribution in [0.25, 0.3) is 11.3 Å². The standard InChI is InChI=1S/C10H6BrNOS/c11-10-9(12-8(6-13)14-10)7-4-2-1-3-5-7/h1-6H. The SMILES string of the molecule is O=Cc1nc(-c2ccccc2)c(Br)s1. The van der Waals surface area contributed by atoms with Crippen molar-refractivity contribution in [2.24, 2.45) is 0 Å². The molecule has 2 nitrogen and oxygen atoms in total. The van der Waals surface area contributed by atoms with Crippen LogP contribution in [0.15, 0.2) is 34.1 Å². The molecule has 0 N–H and O–H groups in total. The third-order valence-corrected chi connectivity index (χ3v) is 3.38. The molecule has 0 spiro atoms. The van der Waals surface area contributed by atoms with E-state index in [1.165, 1.54) is 11.3 Å². The summed E-state index contributed by atoms with van der Waals surface area (Å²) in [7, 11) is 0. The molecule has 1 aromatic carbocycles. The summed E-state index contributed by atoms with van der Waals surface area (Å²) in [5.74, 6) is 0. The Kier molecular flexibility index (Phi) is 2.74. The number of carbonyl (C=O) groups is 1. The number of rotatable bonds is 2. The van der Waals surface area contributed by atoms with Crippen molar-refractivity contribution in [3.63, 3.8) is 0 Å². The van der Waals surface area contributed by atoms with Crippen LogP contribution in [0.4, 0.5) is 0 Å². The Labute approximate surface area is 93.7 Å². The van der Waals surface area contributed by atoms with E-state index in [2.05, 4.69) is 20.9 Å². The van der Waals surface area contributed by atoms with Crippen LogP contribution in [-0.2, 0) is 0 Å². The Bertz CT molecular complexity index is 452. The molecular formula is C10H6BrNOS. The van der Waals surface area contributed by atoms with Crippen LogP contribution in [0, 0.1) is 0 Å². The Morgan fingerprint density at radius 1 is 1.29 bits per heavy atom. The molecule has 1 heterocycles. The average molecular weight is 268 g/mol. The average Bonchev–Trinajstić information content (AvgIpc) is 2.61. The van der Waals surface area contributed by atoms with Crippen LogP contribution in [-0.4, -0.2) is 11.3 Å². The van der Waals surface area contributed by atoms with E-state index < -0.39 is 0 Å². The van der Waals surface area contributed by atoms with Crippen LogP contribution >= 0.6 is 27.3 Å². The van der Waals surface area contributed by atoms with Gasteiger partial charge in [-0.2, -0.15) is 0 Å². The van der Waals surface area contributed by atoms with Gasteiger partial charge in [0.1, 0.15) is 0 Å². The van der Waals surface area contributed by atoms with Crippen LogP contribution in [0.5, 0.6) is 0 Å². The fourth-order valence-electron chi connectivity index (χ4n) is 1.14. The van der Waals surface area contributed by atoms with Gasteiger partial charge in [-0.25, -0.2) is 4.98 Å². The molecule has 0 radical (unpaired) electrons. The second kappa shape index (κ2) is 4.02. The number of benzene rings is 1. The summed E-state index contributed by atoms with van der Waals surface area (Å²) in [6.07, 6.45) is 0.766. The number of halogens is 1. The minimum atomic E-state index is 0.496. The minimum absolute atomic E-state index is 0.496. The Balaban J connectivity index is 2.51. The molecule has 0 bridgehead atoms. The highest BCUT2D eigenvalue weighted by Gasteiger charge is 2.09. The predicted molar refractivity (Wildman–Crippen MR) is 60.6 cm³/mol. The molecule has 2 rings (SSSR count). The molecule has 0 fully saturated rings. The molecule has 4 heteroatoms. The van der Waals surface area contributed by atoms with Gasteiger partial charge in [-0.3, -0.25) is 4.79 Å². The Morgan fingerprint density at radius 3 is 2.57 bits per heavy atom. The van der Waals surface area contributed by atoms with E-state index in [0.717, 1.165) is 21.3 Å². The van der Waals surface area contributed by atoms with Gasteiger partial charge in [0, 0.05) is 5.56 Å². The third kappa shape index (κ3) is 1.76. The molecule has 0 saturated carbocycles. The summed E-state index contributed by atoms with van der Waals surface area (Å²) in [6, 6.07) is 9.77. The number of aldehydes is 1. The number of thiazole rings is 1. The van der Waals surface area contributed by atoms with E-state index in [-0.39, 0.29) is 0 Å². The summed E-state index contributed by atoms with van der Waals surface area (Å²) in [5, 5.41) is 0.496. The van der Waals surface area contributed by atoms with Crippen LogP contribution < -0.4 is 0 Å². The lowest BCUT2D eigenvalue weighted by molar-refractivity contribution is 0.112. The van der Waals surface area contributed by atoms with E-state index in [4.69, 9.17) is 0 Å². The van der Waals surface area contributed by atoms with E-state index in [1.807, 2.05) is 30.3 Å². The summed E-state index contributed by atoms with van der Waals surface area (Å²) in [6.45, 7) is 0. The maximum Gasteiger partial charge on any atom is 0.178 e. The summed E-state index contributed by atoms with van der Waals surface area (Å²) in [4.78, 5) is 14.7. The van der Waals surface area contributed by atoms with Gasteiger partial charge in [0.05, 0.1) is 9.48 Å². The van der Waals surface area contributed by atoms with Crippen LogP contribution in [0.2, 0.25) is 0 Å². The first-order valence-corrected chi connectivity index (χ1v) is 5.59. The van der Waals surface area contributed by atoms with E-state index in [1.54, 1.807) is 0 Å². The maximum atomic E-state index is 10.5. The van der Waals surface area contributed by atoms with Crippen molar-refractivity contribution in [1.82, 2.24) is 4.98 Å². The lowest BCUT2D eigenvalue weighted by Crippen LogP contribution is -1.79. The summed E-state index contributed by atoms with van der Waals surface area (Å²) < 4.78 is 0.894. The van der Waals surface area contributed by atoms with E-state index in [0.29, 0.717) is 5.01 Å². The zero-order valence-electron chi connectivity index (χ0n) is 7.11. The number of hydrogen-bond donors (Lipinski definition) is 0. The zero-order chi connectivity index (χ0) is 9.97. The smallest absolute Gasteiger partial charge is 0.178 e. The van der Waals surface area contributed by atoms with Gasteiger partial charge in [-0.1, -0.05) is 30.3 Å². The zero-order valence-corrected chi connectivity index (χ0v) is 9.51. The molecular weight excluding hydrogens is 262 g/mol. The van der Waals surface area contributed by atoms with Crippen molar-refractivity contribution in [2.75, 3.05) is 0 Å². The van der Waals surface area contributed by atoms with Gasteiger partial charge in [0.2, 0.25) is 0 Å². The Morgan fingerprint density at radius 2 is 2.00 bits per heavy atom. The highest BCUT2D eigenvalue weighted by Crippen LogP contribution is 2.31. The fraction of sp³-hybridized carbons (Fsp3) is 0. The lowest BCUT2D eigenvalue weighted by Gasteiger charge is -1.95. The van der Waals surface area contributed by atoms with Gasteiger partial charge in [-0.15, -0.1) is 11.3 Å². The fourth-order valence-corrected chi connectivity index (χ4v) is 2.59. The second-order valence-corrected chi connectivity index (χ2v) is 5.01. The molecule has 2 aromatic rings. The van der Waals surface area contributed by atoms with E-state index in [9.17, 15) is 4.79 Å². The minimum Gasteiger partial charge on any atom is -0.295 e. The number of nitrogens with zero attached hydrogens (tertiary/aromatic N) is 1. The molecule has 0 unspecified atom stereocenters. The summed E-state index contributed by atoms with van der Waals surface area (Å²) in [5.41, 5.74) is 1.85.